The second kappa shape index (κ2) is 6.38. The van der Waals surface area contributed by atoms with Crippen LogP contribution >= 0.6 is 0 Å². The number of hydrogen-bond acceptors (Lipinski definition) is 5. The number of anilines is 1. The molecule has 2 aliphatic heterocycles. The molecule has 0 bridgehead atoms. The molecule has 2 heterocycles. The molecule has 0 radical (unpaired) electrons. The smallest absolute Gasteiger partial charge is 0.240 e. The van der Waals surface area contributed by atoms with E-state index in [0.717, 1.165) is 17.7 Å². The first kappa shape index (κ1) is 16.1. The van der Waals surface area contributed by atoms with E-state index >= 15 is 0 Å². The number of nitrogens with one attached hydrogen (secondary N) is 1. The number of imide groups is 1. The molecule has 1 aromatic carbocycles. The maximum Gasteiger partial charge on any atom is 0.240 e. The number of nitrogens with zero attached hydrogens (tertiary/aromatic N) is 1. The number of carbonyl (C=O) groups excluding carboxylic acids is 2. The fourth-order valence-electron chi connectivity index (χ4n) is 2.73. The van der Waals surface area contributed by atoms with Crippen molar-refractivity contribution >= 4 is 27.5 Å². The molecule has 7 nitrogen and oxygen atoms in total. The predicted molar refractivity (Wildman–Crippen MR) is 82.3 cm³/mol. The van der Waals surface area contributed by atoms with Crippen molar-refractivity contribution in [3.63, 3.8) is 0 Å². The second-order valence-electron chi connectivity index (χ2n) is 5.60. The lowest BCUT2D eigenvalue weighted by Crippen LogP contribution is -2.32. The van der Waals surface area contributed by atoms with Crippen LogP contribution in [-0.2, 0) is 24.3 Å². The highest BCUT2D eigenvalue weighted by atomic mass is 32.2. The fourth-order valence-corrected chi connectivity index (χ4v) is 3.80. The van der Waals surface area contributed by atoms with Gasteiger partial charge in [-0.2, -0.15) is 0 Å². The Hall–Kier alpha value is -1.77. The molecule has 1 atom stereocenters. The Balaban J connectivity index is 1.70. The molecular weight excluding hydrogens is 320 g/mol. The van der Waals surface area contributed by atoms with Crippen molar-refractivity contribution in [2.75, 3.05) is 18.1 Å². The summed E-state index contributed by atoms with van der Waals surface area (Å²) < 4.78 is 32.4. The van der Waals surface area contributed by atoms with Gasteiger partial charge in [-0.05, 0) is 37.1 Å². The van der Waals surface area contributed by atoms with Gasteiger partial charge in [-0.25, -0.2) is 13.1 Å². The van der Waals surface area contributed by atoms with Gasteiger partial charge in [-0.3, -0.25) is 14.5 Å². The first-order chi connectivity index (χ1) is 11.0. The largest absolute Gasteiger partial charge is 0.377 e. The molecule has 124 valence electrons. The van der Waals surface area contributed by atoms with Crippen LogP contribution in [0.4, 0.5) is 5.69 Å². The van der Waals surface area contributed by atoms with Crippen LogP contribution in [0.25, 0.3) is 0 Å². The average molecular weight is 338 g/mol. The molecule has 2 fully saturated rings. The first-order valence-electron chi connectivity index (χ1n) is 7.54. The van der Waals surface area contributed by atoms with E-state index in [1.165, 1.54) is 24.3 Å². The minimum absolute atomic E-state index is 0.0797. The number of rotatable bonds is 5. The van der Waals surface area contributed by atoms with Crippen molar-refractivity contribution in [2.24, 2.45) is 0 Å². The normalized spacial score (nSPS) is 22.1. The van der Waals surface area contributed by atoms with Gasteiger partial charge in [0.05, 0.1) is 16.7 Å². The molecule has 1 unspecified atom stereocenters. The topological polar surface area (TPSA) is 92.8 Å². The Bertz CT molecular complexity index is 692. The van der Waals surface area contributed by atoms with Crippen molar-refractivity contribution in [3.05, 3.63) is 24.3 Å². The molecule has 8 heteroatoms. The number of benzene rings is 1. The number of carbonyl (C=O) groups is 2. The fraction of sp³-hybridized carbons (Fsp3) is 0.467. The Morgan fingerprint density at radius 1 is 1.13 bits per heavy atom. The number of hydrogen-bond donors (Lipinski definition) is 1. The van der Waals surface area contributed by atoms with Gasteiger partial charge in [-0.1, -0.05) is 0 Å². The molecule has 1 aromatic rings. The SMILES string of the molecule is O=C1CCC(=O)N1c1ccc(S(=O)(=O)NCC2CCCO2)cc1. The van der Waals surface area contributed by atoms with E-state index in [1.807, 2.05) is 0 Å². The van der Waals surface area contributed by atoms with Crippen molar-refractivity contribution in [1.29, 1.82) is 0 Å². The van der Waals surface area contributed by atoms with E-state index < -0.39 is 10.0 Å². The molecule has 0 aliphatic carbocycles. The summed E-state index contributed by atoms with van der Waals surface area (Å²) in [5.41, 5.74) is 0.399. The van der Waals surface area contributed by atoms with E-state index in [0.29, 0.717) is 12.3 Å². The van der Waals surface area contributed by atoms with Crippen LogP contribution in [0, 0.1) is 0 Å². The van der Waals surface area contributed by atoms with Gasteiger partial charge in [0.2, 0.25) is 21.8 Å². The van der Waals surface area contributed by atoms with Gasteiger partial charge in [-0.15, -0.1) is 0 Å². The molecule has 2 amide bonds. The zero-order valence-electron chi connectivity index (χ0n) is 12.5. The van der Waals surface area contributed by atoms with Gasteiger partial charge in [0.15, 0.2) is 0 Å². The van der Waals surface area contributed by atoms with Crippen molar-refractivity contribution in [2.45, 2.75) is 36.7 Å². The summed E-state index contributed by atoms with van der Waals surface area (Å²) in [7, 11) is -3.63. The summed E-state index contributed by atoms with van der Waals surface area (Å²) in [4.78, 5) is 24.5. The van der Waals surface area contributed by atoms with Crippen LogP contribution < -0.4 is 9.62 Å². The summed E-state index contributed by atoms with van der Waals surface area (Å²) in [5, 5.41) is 0. The maximum atomic E-state index is 12.2. The molecule has 0 saturated carbocycles. The highest BCUT2D eigenvalue weighted by Gasteiger charge is 2.30. The Labute approximate surface area is 134 Å². The van der Waals surface area contributed by atoms with Crippen molar-refractivity contribution in [1.82, 2.24) is 4.72 Å². The van der Waals surface area contributed by atoms with Gasteiger partial charge >= 0.3 is 0 Å². The summed E-state index contributed by atoms with van der Waals surface area (Å²) >= 11 is 0. The predicted octanol–water partition coefficient (Wildman–Crippen LogP) is 0.797. The van der Waals surface area contributed by atoms with Crippen LogP contribution in [0.2, 0.25) is 0 Å². The zero-order chi connectivity index (χ0) is 16.4. The molecule has 0 aromatic heterocycles. The minimum atomic E-state index is -3.63. The van der Waals surface area contributed by atoms with E-state index in [9.17, 15) is 18.0 Å². The lowest BCUT2D eigenvalue weighted by atomic mass is 10.2. The van der Waals surface area contributed by atoms with Crippen LogP contribution in [-0.4, -0.2) is 39.5 Å². The second-order valence-corrected chi connectivity index (χ2v) is 7.37. The van der Waals surface area contributed by atoms with Crippen LogP contribution in [0.3, 0.4) is 0 Å². The van der Waals surface area contributed by atoms with Gasteiger partial charge < -0.3 is 4.74 Å². The lowest BCUT2D eigenvalue weighted by molar-refractivity contribution is -0.121. The maximum absolute atomic E-state index is 12.2. The summed E-state index contributed by atoms with van der Waals surface area (Å²) in [5.74, 6) is -0.524. The number of sulfonamides is 1. The number of amides is 2. The Morgan fingerprint density at radius 2 is 1.78 bits per heavy atom. The summed E-state index contributed by atoms with van der Waals surface area (Å²) in [6, 6.07) is 5.74. The van der Waals surface area contributed by atoms with Crippen molar-refractivity contribution < 1.29 is 22.7 Å². The third-order valence-corrected chi connectivity index (χ3v) is 5.42. The molecule has 0 spiro atoms. The lowest BCUT2D eigenvalue weighted by Gasteiger charge is -2.15. The van der Waals surface area contributed by atoms with Gasteiger partial charge in [0.1, 0.15) is 0 Å². The Morgan fingerprint density at radius 3 is 2.35 bits per heavy atom. The summed E-state index contributed by atoms with van der Waals surface area (Å²) in [6.45, 7) is 0.909. The van der Waals surface area contributed by atoms with E-state index in [-0.39, 0.29) is 42.2 Å². The average Bonchev–Trinajstić information content (AvgIpc) is 3.16. The molecule has 2 aliphatic rings. The van der Waals surface area contributed by atoms with Gasteiger partial charge in [0.25, 0.3) is 0 Å². The highest BCUT2D eigenvalue weighted by molar-refractivity contribution is 7.89. The molecule has 23 heavy (non-hydrogen) atoms. The third kappa shape index (κ3) is 3.44. The van der Waals surface area contributed by atoms with Crippen LogP contribution in [0.5, 0.6) is 0 Å². The third-order valence-electron chi connectivity index (χ3n) is 3.98. The number of ether oxygens (including phenoxy) is 1. The standard InChI is InChI=1S/C15H18N2O5S/c18-14-7-8-15(19)17(14)11-3-5-13(6-4-11)23(20,21)16-10-12-2-1-9-22-12/h3-6,12,16H,1-2,7-10H2. The van der Waals surface area contributed by atoms with Crippen LogP contribution in [0.1, 0.15) is 25.7 Å². The summed E-state index contributed by atoms with van der Waals surface area (Å²) in [6.07, 6.45) is 2.10. The molecule has 1 N–H and O–H groups in total. The van der Waals surface area contributed by atoms with E-state index in [1.54, 1.807) is 0 Å². The quantitative estimate of drug-likeness (QED) is 0.802. The van der Waals surface area contributed by atoms with Crippen molar-refractivity contribution in [3.8, 4) is 0 Å². The monoisotopic (exact) mass is 338 g/mol. The zero-order valence-corrected chi connectivity index (χ0v) is 13.3. The van der Waals surface area contributed by atoms with Crippen LogP contribution in [0.15, 0.2) is 29.2 Å². The Kier molecular flexibility index (Phi) is 4.47. The molecule has 3 rings (SSSR count). The molecular formula is C15H18N2O5S. The van der Waals surface area contributed by atoms with Gasteiger partial charge in [0, 0.05) is 26.0 Å². The minimum Gasteiger partial charge on any atom is -0.377 e. The highest BCUT2D eigenvalue weighted by Crippen LogP contribution is 2.24. The molecule has 2 saturated heterocycles. The first-order valence-corrected chi connectivity index (χ1v) is 9.03. The van der Waals surface area contributed by atoms with E-state index in [2.05, 4.69) is 4.72 Å². The van der Waals surface area contributed by atoms with E-state index in [4.69, 9.17) is 4.74 Å².